The first-order valence-electron chi connectivity index (χ1n) is 5.88. The van der Waals surface area contributed by atoms with E-state index < -0.39 is 5.97 Å². The molecule has 0 saturated carbocycles. The second kappa shape index (κ2) is 5.36. The fourth-order valence-corrected chi connectivity index (χ4v) is 1.96. The van der Waals surface area contributed by atoms with E-state index in [0.29, 0.717) is 17.5 Å². The number of nitriles is 1. The lowest BCUT2D eigenvalue weighted by molar-refractivity contribution is -0.137. The minimum atomic E-state index is -0.898. The lowest BCUT2D eigenvalue weighted by Crippen LogP contribution is -2.01. The van der Waals surface area contributed by atoms with Crippen molar-refractivity contribution >= 4 is 22.7 Å². The number of aliphatic carboxylic acids is 1. The number of aromatic nitrogens is 1. The Morgan fingerprint density at radius 3 is 2.79 bits per heavy atom. The van der Waals surface area contributed by atoms with Crippen molar-refractivity contribution in [3.63, 3.8) is 0 Å². The number of rotatable bonds is 5. The average molecular weight is 256 g/mol. The Hall–Kier alpha value is -2.61. The second-order valence-electron chi connectivity index (χ2n) is 4.24. The molecule has 0 unspecified atom stereocenters. The minimum absolute atomic E-state index is 0.00727. The number of carbonyl (C=O) groups is 2. The minimum Gasteiger partial charge on any atom is -0.481 e. The number of fused-ring (bicyclic) bond motifs is 1. The van der Waals surface area contributed by atoms with Gasteiger partial charge in [0.05, 0.1) is 11.6 Å². The third-order valence-electron chi connectivity index (χ3n) is 2.91. The first-order valence-corrected chi connectivity index (χ1v) is 5.88. The van der Waals surface area contributed by atoms with Gasteiger partial charge in [-0.2, -0.15) is 5.26 Å². The molecule has 96 valence electrons. The van der Waals surface area contributed by atoms with E-state index in [1.54, 1.807) is 24.4 Å². The Morgan fingerprint density at radius 2 is 2.11 bits per heavy atom. The number of H-pyrrole nitrogens is 1. The average Bonchev–Trinajstić information content (AvgIpc) is 2.80. The first-order chi connectivity index (χ1) is 9.11. The molecule has 0 aliphatic carbocycles. The Labute approximate surface area is 109 Å². The summed E-state index contributed by atoms with van der Waals surface area (Å²) in [7, 11) is 0. The van der Waals surface area contributed by atoms with E-state index in [9.17, 15) is 9.59 Å². The van der Waals surface area contributed by atoms with Gasteiger partial charge < -0.3 is 10.1 Å². The smallest absolute Gasteiger partial charge is 0.303 e. The van der Waals surface area contributed by atoms with E-state index in [0.717, 1.165) is 10.9 Å². The Kier molecular flexibility index (Phi) is 3.62. The van der Waals surface area contributed by atoms with Crippen LogP contribution >= 0.6 is 0 Å². The largest absolute Gasteiger partial charge is 0.481 e. The molecular weight excluding hydrogens is 244 g/mol. The Balaban J connectivity index is 2.19. The number of aromatic amines is 1. The molecule has 2 aromatic rings. The number of ketones is 1. The van der Waals surface area contributed by atoms with Crippen molar-refractivity contribution in [1.82, 2.24) is 4.98 Å². The molecule has 0 atom stereocenters. The van der Waals surface area contributed by atoms with Gasteiger partial charge in [-0.1, -0.05) is 6.07 Å². The summed E-state index contributed by atoms with van der Waals surface area (Å²) in [4.78, 5) is 25.3. The number of carbonyl (C=O) groups excluding carboxylic acids is 1. The lowest BCUT2D eigenvalue weighted by Gasteiger charge is -1.98. The Morgan fingerprint density at radius 1 is 1.32 bits per heavy atom. The molecule has 2 N–H and O–H groups in total. The van der Waals surface area contributed by atoms with Crippen molar-refractivity contribution in [2.45, 2.75) is 19.3 Å². The van der Waals surface area contributed by atoms with Crippen molar-refractivity contribution < 1.29 is 14.7 Å². The molecule has 0 amide bonds. The summed E-state index contributed by atoms with van der Waals surface area (Å²) in [5.41, 5.74) is 1.81. The number of nitrogens with one attached hydrogen (secondary N) is 1. The molecule has 0 aliphatic heterocycles. The molecule has 1 aromatic carbocycles. The predicted molar refractivity (Wildman–Crippen MR) is 68.8 cm³/mol. The summed E-state index contributed by atoms with van der Waals surface area (Å²) < 4.78 is 0. The maximum Gasteiger partial charge on any atom is 0.303 e. The van der Waals surface area contributed by atoms with E-state index in [-0.39, 0.29) is 18.6 Å². The molecule has 19 heavy (non-hydrogen) atoms. The van der Waals surface area contributed by atoms with Crippen LogP contribution in [0.5, 0.6) is 0 Å². The van der Waals surface area contributed by atoms with E-state index in [1.807, 2.05) is 6.07 Å². The van der Waals surface area contributed by atoms with Crippen LogP contribution in [0.3, 0.4) is 0 Å². The van der Waals surface area contributed by atoms with Crippen LogP contribution in [0.25, 0.3) is 10.9 Å². The van der Waals surface area contributed by atoms with Crippen LogP contribution in [0, 0.1) is 11.3 Å². The van der Waals surface area contributed by atoms with Gasteiger partial charge in [-0.15, -0.1) is 0 Å². The maximum absolute atomic E-state index is 12.0. The first kappa shape index (κ1) is 12.8. The van der Waals surface area contributed by atoms with Crippen LogP contribution < -0.4 is 0 Å². The number of carboxylic acid groups (broad SMARTS) is 1. The highest BCUT2D eigenvalue weighted by atomic mass is 16.4. The molecule has 5 nitrogen and oxygen atoms in total. The SMILES string of the molecule is N#Cc1ccc2c(C(=O)CCCC(=O)O)c[nH]c2c1. The number of nitrogens with zero attached hydrogens (tertiary/aromatic N) is 1. The second-order valence-corrected chi connectivity index (χ2v) is 4.24. The van der Waals surface area contributed by atoms with Gasteiger partial charge in [0.2, 0.25) is 0 Å². The van der Waals surface area contributed by atoms with Crippen LogP contribution in [0.4, 0.5) is 0 Å². The third kappa shape index (κ3) is 2.80. The fraction of sp³-hybridized carbons (Fsp3) is 0.214. The molecule has 0 bridgehead atoms. The molecule has 0 fully saturated rings. The summed E-state index contributed by atoms with van der Waals surface area (Å²) in [5.74, 6) is -0.984. The third-order valence-corrected chi connectivity index (χ3v) is 2.91. The van der Waals surface area contributed by atoms with Crippen molar-refractivity contribution in [1.29, 1.82) is 5.26 Å². The van der Waals surface area contributed by atoms with Gasteiger partial charge in [0.25, 0.3) is 0 Å². The molecular formula is C14H12N2O3. The van der Waals surface area contributed by atoms with Crippen LogP contribution in [0.1, 0.15) is 35.2 Å². The maximum atomic E-state index is 12.0. The van der Waals surface area contributed by atoms with Crippen LogP contribution in [0.2, 0.25) is 0 Å². The molecule has 0 saturated heterocycles. The summed E-state index contributed by atoms with van der Waals surface area (Å²) in [5, 5.41) is 18.1. The van der Waals surface area contributed by atoms with Gasteiger partial charge in [0, 0.05) is 35.5 Å². The van der Waals surface area contributed by atoms with Crippen molar-refractivity contribution in [3.8, 4) is 6.07 Å². The highest BCUT2D eigenvalue weighted by Crippen LogP contribution is 2.21. The highest BCUT2D eigenvalue weighted by molar-refractivity contribution is 6.08. The molecule has 0 aliphatic rings. The van der Waals surface area contributed by atoms with Crippen LogP contribution in [-0.4, -0.2) is 21.8 Å². The van der Waals surface area contributed by atoms with Gasteiger partial charge in [-0.25, -0.2) is 0 Å². The highest BCUT2D eigenvalue weighted by Gasteiger charge is 2.12. The summed E-state index contributed by atoms with van der Waals surface area (Å²) in [6.45, 7) is 0. The van der Waals surface area contributed by atoms with Gasteiger partial charge in [0.1, 0.15) is 0 Å². The summed E-state index contributed by atoms with van der Waals surface area (Å²) >= 11 is 0. The van der Waals surface area contributed by atoms with Gasteiger partial charge in [-0.05, 0) is 18.6 Å². The van der Waals surface area contributed by atoms with E-state index >= 15 is 0 Å². The topological polar surface area (TPSA) is 93.9 Å². The number of hydrogen-bond acceptors (Lipinski definition) is 3. The molecule has 1 aromatic heterocycles. The van der Waals surface area contributed by atoms with Crippen LogP contribution in [-0.2, 0) is 4.79 Å². The van der Waals surface area contributed by atoms with Crippen LogP contribution in [0.15, 0.2) is 24.4 Å². The number of Topliss-reactive ketones (excluding diaryl/α,β-unsaturated/α-hetero) is 1. The zero-order valence-corrected chi connectivity index (χ0v) is 10.1. The van der Waals surface area contributed by atoms with Gasteiger partial charge in [-0.3, -0.25) is 9.59 Å². The van der Waals surface area contributed by atoms with E-state index in [1.165, 1.54) is 0 Å². The van der Waals surface area contributed by atoms with E-state index in [2.05, 4.69) is 4.98 Å². The lowest BCUT2D eigenvalue weighted by atomic mass is 10.0. The Bertz CT molecular complexity index is 680. The molecule has 2 rings (SSSR count). The fourth-order valence-electron chi connectivity index (χ4n) is 1.96. The zero-order valence-electron chi connectivity index (χ0n) is 10.1. The summed E-state index contributed by atoms with van der Waals surface area (Å²) in [6.07, 6.45) is 2.14. The van der Waals surface area contributed by atoms with E-state index in [4.69, 9.17) is 10.4 Å². The monoisotopic (exact) mass is 256 g/mol. The predicted octanol–water partition coefficient (Wildman–Crippen LogP) is 2.48. The molecule has 0 radical (unpaired) electrons. The number of carboxylic acids is 1. The zero-order chi connectivity index (χ0) is 13.8. The quantitative estimate of drug-likeness (QED) is 0.803. The standard InChI is InChI=1S/C14H12N2O3/c15-7-9-4-5-10-11(8-16-12(10)6-9)13(17)2-1-3-14(18)19/h4-6,8,16H,1-3H2,(H,18,19). The summed E-state index contributed by atoms with van der Waals surface area (Å²) in [6, 6.07) is 7.11. The number of hydrogen-bond donors (Lipinski definition) is 2. The van der Waals surface area contributed by atoms with Gasteiger partial charge >= 0.3 is 5.97 Å². The normalized spacial score (nSPS) is 10.3. The van der Waals surface area contributed by atoms with Crippen molar-refractivity contribution in [2.75, 3.05) is 0 Å². The molecule has 0 spiro atoms. The van der Waals surface area contributed by atoms with Crippen molar-refractivity contribution in [3.05, 3.63) is 35.5 Å². The molecule has 5 heteroatoms. The molecule has 1 heterocycles. The van der Waals surface area contributed by atoms with Crippen molar-refractivity contribution in [2.24, 2.45) is 0 Å². The number of benzene rings is 1. The van der Waals surface area contributed by atoms with Gasteiger partial charge in [0.15, 0.2) is 5.78 Å².